The lowest BCUT2D eigenvalue weighted by Gasteiger charge is -2.07. The zero-order chi connectivity index (χ0) is 13.7. The topological polar surface area (TPSA) is 52.5 Å². The maximum Gasteiger partial charge on any atom is 0.126 e. The van der Waals surface area contributed by atoms with Gasteiger partial charge in [-0.1, -0.05) is 24.3 Å². The van der Waals surface area contributed by atoms with Gasteiger partial charge in [0.1, 0.15) is 17.3 Å². The third kappa shape index (κ3) is 3.69. The number of aromatic hydroxyl groups is 2. The molecule has 0 aliphatic heterocycles. The standard InChI is InChI=1S/C15H16FNO2/c16-14-4-2-1-3-11(14)7-8-17-10-12-5-6-13(18)9-15(12)19/h1-6,9,17-19H,7-8,10H2. The second-order valence-corrected chi connectivity index (χ2v) is 4.33. The molecule has 0 amide bonds. The van der Waals surface area contributed by atoms with Crippen LogP contribution in [0.4, 0.5) is 4.39 Å². The van der Waals surface area contributed by atoms with Crippen LogP contribution in [0.1, 0.15) is 11.1 Å². The molecule has 0 aliphatic carbocycles. The summed E-state index contributed by atoms with van der Waals surface area (Å²) in [4.78, 5) is 0. The summed E-state index contributed by atoms with van der Waals surface area (Å²) in [7, 11) is 0. The molecule has 0 saturated heterocycles. The van der Waals surface area contributed by atoms with Crippen molar-refractivity contribution in [3.05, 3.63) is 59.4 Å². The Morgan fingerprint density at radius 1 is 1.00 bits per heavy atom. The van der Waals surface area contributed by atoms with E-state index in [9.17, 15) is 9.50 Å². The van der Waals surface area contributed by atoms with Gasteiger partial charge in [-0.2, -0.15) is 0 Å². The van der Waals surface area contributed by atoms with Gasteiger partial charge in [0.25, 0.3) is 0 Å². The van der Waals surface area contributed by atoms with Crippen molar-refractivity contribution in [2.75, 3.05) is 6.54 Å². The van der Waals surface area contributed by atoms with Crippen LogP contribution in [0.5, 0.6) is 11.5 Å². The zero-order valence-electron chi connectivity index (χ0n) is 10.4. The molecule has 0 saturated carbocycles. The maximum atomic E-state index is 13.4. The van der Waals surface area contributed by atoms with Crippen LogP contribution in [0.3, 0.4) is 0 Å². The summed E-state index contributed by atoms with van der Waals surface area (Å²) >= 11 is 0. The molecule has 0 atom stereocenters. The number of phenols is 2. The predicted molar refractivity (Wildman–Crippen MR) is 71.6 cm³/mol. The molecule has 2 aromatic rings. The Bertz CT molecular complexity index is 558. The van der Waals surface area contributed by atoms with Gasteiger partial charge in [0.15, 0.2) is 0 Å². The maximum absolute atomic E-state index is 13.4. The molecule has 2 aromatic carbocycles. The largest absolute Gasteiger partial charge is 0.508 e. The van der Waals surface area contributed by atoms with Crippen LogP contribution in [0.15, 0.2) is 42.5 Å². The summed E-state index contributed by atoms with van der Waals surface area (Å²) in [5, 5.41) is 21.9. The predicted octanol–water partition coefficient (Wildman–Crippen LogP) is 2.57. The summed E-state index contributed by atoms with van der Waals surface area (Å²) in [6.07, 6.45) is 0.589. The van der Waals surface area contributed by atoms with Crippen LogP contribution in [0, 0.1) is 5.82 Å². The van der Waals surface area contributed by atoms with Gasteiger partial charge in [0.2, 0.25) is 0 Å². The van der Waals surface area contributed by atoms with Crippen molar-refractivity contribution in [3.8, 4) is 11.5 Å². The summed E-state index contributed by atoms with van der Waals surface area (Å²) in [5.41, 5.74) is 1.37. The van der Waals surface area contributed by atoms with Crippen LogP contribution in [0.2, 0.25) is 0 Å². The van der Waals surface area contributed by atoms with Crippen LogP contribution in [-0.2, 0) is 13.0 Å². The van der Waals surface area contributed by atoms with Gasteiger partial charge < -0.3 is 15.5 Å². The SMILES string of the molecule is Oc1ccc(CNCCc2ccccc2F)c(O)c1. The van der Waals surface area contributed by atoms with Crippen LogP contribution >= 0.6 is 0 Å². The van der Waals surface area contributed by atoms with E-state index in [2.05, 4.69) is 5.32 Å². The molecule has 0 bridgehead atoms. The fourth-order valence-electron chi connectivity index (χ4n) is 1.85. The Morgan fingerprint density at radius 3 is 2.53 bits per heavy atom. The van der Waals surface area contributed by atoms with E-state index in [0.717, 1.165) is 0 Å². The van der Waals surface area contributed by atoms with E-state index >= 15 is 0 Å². The van der Waals surface area contributed by atoms with Crippen molar-refractivity contribution >= 4 is 0 Å². The molecule has 19 heavy (non-hydrogen) atoms. The van der Waals surface area contributed by atoms with Gasteiger partial charge in [-0.3, -0.25) is 0 Å². The molecule has 100 valence electrons. The van der Waals surface area contributed by atoms with E-state index in [1.165, 1.54) is 18.2 Å². The lowest BCUT2D eigenvalue weighted by Crippen LogP contribution is -2.17. The molecule has 2 rings (SSSR count). The van der Waals surface area contributed by atoms with E-state index in [1.54, 1.807) is 18.2 Å². The van der Waals surface area contributed by atoms with E-state index in [-0.39, 0.29) is 17.3 Å². The quantitative estimate of drug-likeness (QED) is 0.725. The molecule has 4 heteroatoms. The highest BCUT2D eigenvalue weighted by Crippen LogP contribution is 2.22. The molecule has 3 nitrogen and oxygen atoms in total. The highest BCUT2D eigenvalue weighted by Gasteiger charge is 2.03. The summed E-state index contributed by atoms with van der Waals surface area (Å²) < 4.78 is 13.4. The number of rotatable bonds is 5. The first-order valence-corrected chi connectivity index (χ1v) is 6.12. The molecule has 0 fully saturated rings. The van der Waals surface area contributed by atoms with Crippen molar-refractivity contribution in [3.63, 3.8) is 0 Å². The Hall–Kier alpha value is -2.07. The van der Waals surface area contributed by atoms with E-state index < -0.39 is 0 Å². The van der Waals surface area contributed by atoms with Crippen molar-refractivity contribution in [2.24, 2.45) is 0 Å². The molecular weight excluding hydrogens is 245 g/mol. The number of phenolic OH excluding ortho intramolecular Hbond substituents is 2. The van der Waals surface area contributed by atoms with Crippen molar-refractivity contribution < 1.29 is 14.6 Å². The number of halogens is 1. The molecule has 0 aliphatic rings. The molecule has 0 heterocycles. The number of benzene rings is 2. The van der Waals surface area contributed by atoms with E-state index in [1.807, 2.05) is 6.07 Å². The normalized spacial score (nSPS) is 10.6. The van der Waals surface area contributed by atoms with E-state index in [4.69, 9.17) is 5.11 Å². The number of hydrogen-bond donors (Lipinski definition) is 3. The Morgan fingerprint density at radius 2 is 1.79 bits per heavy atom. The van der Waals surface area contributed by atoms with Crippen LogP contribution in [-0.4, -0.2) is 16.8 Å². The molecule has 0 radical (unpaired) electrons. The van der Waals surface area contributed by atoms with Gasteiger partial charge in [-0.05, 0) is 30.7 Å². The van der Waals surface area contributed by atoms with Gasteiger partial charge in [0, 0.05) is 18.2 Å². The van der Waals surface area contributed by atoms with Gasteiger partial charge in [-0.15, -0.1) is 0 Å². The van der Waals surface area contributed by atoms with Gasteiger partial charge >= 0.3 is 0 Å². The van der Waals surface area contributed by atoms with E-state index in [0.29, 0.717) is 30.6 Å². The van der Waals surface area contributed by atoms with Crippen molar-refractivity contribution in [2.45, 2.75) is 13.0 Å². The van der Waals surface area contributed by atoms with Crippen LogP contribution in [0.25, 0.3) is 0 Å². The van der Waals surface area contributed by atoms with Gasteiger partial charge in [0.05, 0.1) is 0 Å². The minimum atomic E-state index is -0.197. The Labute approximate surface area is 111 Å². The third-order valence-corrected chi connectivity index (χ3v) is 2.91. The summed E-state index contributed by atoms with van der Waals surface area (Å²) in [6, 6.07) is 11.2. The first-order chi connectivity index (χ1) is 9.16. The summed E-state index contributed by atoms with van der Waals surface area (Å²) in [6.45, 7) is 1.09. The minimum absolute atomic E-state index is 0.0348. The summed E-state index contributed by atoms with van der Waals surface area (Å²) in [5.74, 6) is -0.109. The van der Waals surface area contributed by atoms with Gasteiger partial charge in [-0.25, -0.2) is 4.39 Å². The monoisotopic (exact) mass is 261 g/mol. The number of nitrogens with one attached hydrogen (secondary N) is 1. The Kier molecular flexibility index (Phi) is 4.36. The lowest BCUT2D eigenvalue weighted by molar-refractivity contribution is 0.444. The van der Waals surface area contributed by atoms with Crippen LogP contribution < -0.4 is 5.32 Å². The fourth-order valence-corrected chi connectivity index (χ4v) is 1.85. The molecule has 3 N–H and O–H groups in total. The lowest BCUT2D eigenvalue weighted by atomic mass is 10.1. The first kappa shape index (κ1) is 13.4. The number of hydrogen-bond acceptors (Lipinski definition) is 3. The molecular formula is C15H16FNO2. The first-order valence-electron chi connectivity index (χ1n) is 6.12. The fraction of sp³-hybridized carbons (Fsp3) is 0.200. The molecule has 0 unspecified atom stereocenters. The van der Waals surface area contributed by atoms with Crippen molar-refractivity contribution in [1.29, 1.82) is 0 Å². The average Bonchev–Trinajstić information content (AvgIpc) is 2.38. The smallest absolute Gasteiger partial charge is 0.126 e. The molecule has 0 spiro atoms. The third-order valence-electron chi connectivity index (χ3n) is 2.91. The second kappa shape index (κ2) is 6.20. The molecule has 0 aromatic heterocycles. The Balaban J connectivity index is 1.83. The van der Waals surface area contributed by atoms with Crippen molar-refractivity contribution in [1.82, 2.24) is 5.32 Å². The zero-order valence-corrected chi connectivity index (χ0v) is 10.4. The average molecular weight is 261 g/mol. The highest BCUT2D eigenvalue weighted by molar-refractivity contribution is 5.38. The second-order valence-electron chi connectivity index (χ2n) is 4.33. The highest BCUT2D eigenvalue weighted by atomic mass is 19.1. The minimum Gasteiger partial charge on any atom is -0.508 e.